The molecule has 1 saturated heterocycles. The van der Waals surface area contributed by atoms with Gasteiger partial charge in [0.25, 0.3) is 0 Å². The highest BCUT2D eigenvalue weighted by Gasteiger charge is 2.22. The van der Waals surface area contributed by atoms with E-state index in [1.165, 1.54) is 18.3 Å². The summed E-state index contributed by atoms with van der Waals surface area (Å²) in [5.74, 6) is 0.0957. The Morgan fingerprint density at radius 3 is 2.76 bits per heavy atom. The number of nitrogens with one attached hydrogen (secondary N) is 5. The molecule has 0 saturated carbocycles. The zero-order valence-electron chi connectivity index (χ0n) is 17.5. The van der Waals surface area contributed by atoms with E-state index in [0.29, 0.717) is 47.5 Å². The molecular formula is C23H21ClFN7O. The van der Waals surface area contributed by atoms with Crippen LogP contribution in [-0.4, -0.2) is 24.7 Å². The lowest BCUT2D eigenvalue weighted by molar-refractivity contribution is -0.0248. The van der Waals surface area contributed by atoms with Crippen LogP contribution in [0.3, 0.4) is 0 Å². The molecule has 8 nitrogen and oxygen atoms in total. The van der Waals surface area contributed by atoms with Gasteiger partial charge in [-0.2, -0.15) is 10.8 Å². The lowest BCUT2D eigenvalue weighted by Crippen LogP contribution is -2.34. The standard InChI is InChI=1S/C23H21ClFN7O/c24-19-6-17(30-22(20-10-29-32-31-20)14-1-3-16(25)4-2-14)5-18-21(27-8-13-11-33-12-13)15(7-26)9-28-23(18)19/h1-6,9-10,13,22,29-32H,8,11-12H2,(H,27,28)/t22-/m0/s1. The van der Waals surface area contributed by atoms with Crippen molar-refractivity contribution < 1.29 is 9.13 Å². The van der Waals surface area contributed by atoms with E-state index in [4.69, 9.17) is 16.3 Å². The van der Waals surface area contributed by atoms with Crippen molar-refractivity contribution in [1.82, 2.24) is 21.4 Å². The first-order valence-corrected chi connectivity index (χ1v) is 10.8. The number of nitriles is 1. The van der Waals surface area contributed by atoms with Crippen molar-refractivity contribution in [2.24, 2.45) is 5.92 Å². The van der Waals surface area contributed by atoms with Crippen LogP contribution in [0.5, 0.6) is 0 Å². The molecule has 3 heterocycles. The predicted molar refractivity (Wildman–Crippen MR) is 125 cm³/mol. The Morgan fingerprint density at radius 2 is 2.09 bits per heavy atom. The van der Waals surface area contributed by atoms with Gasteiger partial charge in [-0.15, -0.1) is 0 Å². The van der Waals surface area contributed by atoms with Crippen molar-refractivity contribution in [1.29, 1.82) is 5.26 Å². The fourth-order valence-corrected chi connectivity index (χ4v) is 4.11. The molecular weight excluding hydrogens is 445 g/mol. The van der Waals surface area contributed by atoms with Gasteiger partial charge in [0, 0.05) is 35.9 Å². The van der Waals surface area contributed by atoms with E-state index < -0.39 is 0 Å². The van der Waals surface area contributed by atoms with E-state index in [1.807, 2.05) is 6.07 Å². The van der Waals surface area contributed by atoms with Gasteiger partial charge in [-0.3, -0.25) is 4.98 Å². The number of nitrogens with zero attached hydrogens (tertiary/aromatic N) is 2. The summed E-state index contributed by atoms with van der Waals surface area (Å²) in [5, 5.41) is 17.7. The quantitative estimate of drug-likeness (QED) is 0.360. The summed E-state index contributed by atoms with van der Waals surface area (Å²) in [7, 11) is 0. The maximum atomic E-state index is 13.5. The van der Waals surface area contributed by atoms with Crippen molar-refractivity contribution in [3.63, 3.8) is 0 Å². The first kappa shape index (κ1) is 21.3. The number of halogens is 2. The average molecular weight is 466 g/mol. The van der Waals surface area contributed by atoms with Gasteiger partial charge in [0.1, 0.15) is 11.9 Å². The minimum Gasteiger partial charge on any atom is -0.383 e. The minimum absolute atomic E-state index is 0.307. The summed E-state index contributed by atoms with van der Waals surface area (Å²) >= 11 is 6.60. The number of hydrogen-bond donors (Lipinski definition) is 5. The van der Waals surface area contributed by atoms with Gasteiger partial charge >= 0.3 is 0 Å². The molecule has 0 bridgehead atoms. The second kappa shape index (κ2) is 9.11. The summed E-state index contributed by atoms with van der Waals surface area (Å²) in [6.45, 7) is 2.10. The summed E-state index contributed by atoms with van der Waals surface area (Å²) in [6.07, 6.45) is 3.32. The van der Waals surface area contributed by atoms with Crippen molar-refractivity contribution in [3.8, 4) is 6.07 Å². The van der Waals surface area contributed by atoms with Crippen molar-refractivity contribution in [2.45, 2.75) is 6.04 Å². The topological polar surface area (TPSA) is 106 Å². The molecule has 5 rings (SSSR count). The Labute approximate surface area is 194 Å². The van der Waals surface area contributed by atoms with Gasteiger partial charge in [-0.05, 0) is 29.8 Å². The number of rotatable bonds is 7. The third-order valence-electron chi connectivity index (χ3n) is 5.65. The highest BCUT2D eigenvalue weighted by Crippen LogP contribution is 2.35. The van der Waals surface area contributed by atoms with Gasteiger partial charge in [0.15, 0.2) is 0 Å². The Bertz CT molecular complexity index is 1250. The van der Waals surface area contributed by atoms with E-state index >= 15 is 0 Å². The van der Waals surface area contributed by atoms with Gasteiger partial charge in [0.2, 0.25) is 0 Å². The van der Waals surface area contributed by atoms with E-state index in [2.05, 4.69) is 38.1 Å². The molecule has 1 atom stereocenters. The van der Waals surface area contributed by atoms with Crippen LogP contribution in [0.15, 0.2) is 54.5 Å². The number of aromatic nitrogens is 1. The first-order valence-electron chi connectivity index (χ1n) is 10.4. The number of hydrogen-bond acceptors (Lipinski definition) is 8. The third kappa shape index (κ3) is 4.36. The summed E-state index contributed by atoms with van der Waals surface area (Å²) in [6, 6.07) is 11.9. The lowest BCUT2D eigenvalue weighted by atomic mass is 10.0. The predicted octanol–water partition coefficient (Wildman–Crippen LogP) is 3.56. The smallest absolute Gasteiger partial charge is 0.123 e. The van der Waals surface area contributed by atoms with Crippen molar-refractivity contribution in [2.75, 3.05) is 30.4 Å². The maximum absolute atomic E-state index is 13.5. The van der Waals surface area contributed by atoms with E-state index in [0.717, 1.165) is 22.3 Å². The van der Waals surface area contributed by atoms with Crippen molar-refractivity contribution >= 4 is 33.9 Å². The molecule has 2 aliphatic heterocycles. The molecule has 0 radical (unpaired) electrons. The molecule has 0 aliphatic carbocycles. The van der Waals surface area contributed by atoms with Gasteiger partial charge in [0.05, 0.1) is 46.7 Å². The highest BCUT2D eigenvalue weighted by molar-refractivity contribution is 6.35. The molecule has 3 aromatic rings. The SMILES string of the molecule is N#Cc1cnc2c(Cl)cc(N[C@H](C3=CNNN3)c3ccc(F)cc3)cc2c1NCC1COC1. The zero-order valence-corrected chi connectivity index (χ0v) is 18.2. The number of benzene rings is 2. The highest BCUT2D eigenvalue weighted by atomic mass is 35.5. The summed E-state index contributed by atoms with van der Waals surface area (Å²) in [5.41, 5.74) is 12.9. The van der Waals surface area contributed by atoms with Gasteiger partial charge in [-0.1, -0.05) is 23.7 Å². The molecule has 2 aromatic carbocycles. The molecule has 0 spiro atoms. The van der Waals surface area contributed by atoms with Crippen LogP contribution in [0, 0.1) is 23.1 Å². The normalized spacial score (nSPS) is 16.2. The molecule has 0 amide bonds. The number of anilines is 2. The van der Waals surface area contributed by atoms with Crippen LogP contribution in [0.4, 0.5) is 15.8 Å². The van der Waals surface area contributed by atoms with Gasteiger partial charge in [-0.25, -0.2) is 4.39 Å². The fraction of sp³-hybridized carbons (Fsp3) is 0.217. The molecule has 33 heavy (non-hydrogen) atoms. The number of pyridine rings is 1. The van der Waals surface area contributed by atoms with E-state index in [1.54, 1.807) is 24.4 Å². The van der Waals surface area contributed by atoms with E-state index in [-0.39, 0.29) is 11.9 Å². The minimum atomic E-state index is -0.322. The summed E-state index contributed by atoms with van der Waals surface area (Å²) in [4.78, 5) is 4.41. The van der Waals surface area contributed by atoms with Gasteiger partial charge < -0.3 is 26.2 Å². The second-order valence-corrected chi connectivity index (χ2v) is 8.33. The average Bonchev–Trinajstić information content (AvgIpc) is 3.32. The molecule has 5 N–H and O–H groups in total. The van der Waals surface area contributed by atoms with Crippen LogP contribution in [-0.2, 0) is 4.74 Å². The monoisotopic (exact) mass is 465 g/mol. The zero-order chi connectivity index (χ0) is 22.8. The van der Waals surface area contributed by atoms with Crippen LogP contribution < -0.4 is 27.0 Å². The number of ether oxygens (including phenoxy) is 1. The summed E-state index contributed by atoms with van der Waals surface area (Å²) < 4.78 is 18.8. The Kier molecular flexibility index (Phi) is 5.88. The Hall–Kier alpha value is -3.58. The van der Waals surface area contributed by atoms with Crippen LogP contribution in [0.2, 0.25) is 5.02 Å². The third-order valence-corrected chi connectivity index (χ3v) is 5.94. The number of fused-ring (bicyclic) bond motifs is 1. The molecule has 168 valence electrons. The largest absolute Gasteiger partial charge is 0.383 e. The lowest BCUT2D eigenvalue weighted by Gasteiger charge is -2.27. The molecule has 10 heteroatoms. The fourth-order valence-electron chi connectivity index (χ4n) is 3.84. The van der Waals surface area contributed by atoms with Crippen LogP contribution >= 0.6 is 11.6 Å². The Balaban J connectivity index is 1.53. The van der Waals surface area contributed by atoms with Crippen LogP contribution in [0.25, 0.3) is 10.9 Å². The Morgan fingerprint density at radius 1 is 1.27 bits per heavy atom. The van der Waals surface area contributed by atoms with E-state index in [9.17, 15) is 9.65 Å². The first-order chi connectivity index (χ1) is 16.1. The molecule has 2 aliphatic rings. The molecule has 1 fully saturated rings. The van der Waals surface area contributed by atoms with Crippen molar-refractivity contribution in [3.05, 3.63) is 76.5 Å². The maximum Gasteiger partial charge on any atom is 0.123 e. The molecule has 1 aromatic heterocycles. The second-order valence-electron chi connectivity index (χ2n) is 7.92. The van der Waals surface area contributed by atoms with Crippen LogP contribution in [0.1, 0.15) is 17.2 Å². The number of hydrazine groups is 2. The molecule has 0 unspecified atom stereocenters.